The molecule has 3 saturated heterocycles. The molecule has 160 valence electrons. The standard InChI is InChI=1S/C6H11NO2.C5H7F2NO2.C5H7NO3/c1-4-2-5(6(8)9)7-3-4;6-5(7)1-3(4(9)10)8-2-5;7-3-1-4(5(8)9)6-2-3/h4-5,7H,2-3H2,1H3,(H,8,9);3,8H,1-2H2,(H,9,10);4,6H,1-2H2,(H,8,9)/t4-,5+;3-;4-/m100/s1. The van der Waals surface area contributed by atoms with Crippen molar-refractivity contribution in [1.29, 1.82) is 0 Å². The molecule has 3 rings (SSSR count). The fourth-order valence-corrected chi connectivity index (χ4v) is 2.77. The summed E-state index contributed by atoms with van der Waals surface area (Å²) in [6, 6.07) is -2.01. The number of carbonyl (C=O) groups excluding carboxylic acids is 1. The second-order valence-electron chi connectivity index (χ2n) is 6.99. The Morgan fingerprint density at radius 2 is 1.54 bits per heavy atom. The first-order valence-corrected chi connectivity index (χ1v) is 8.69. The Labute approximate surface area is 159 Å². The maximum atomic E-state index is 12.2. The van der Waals surface area contributed by atoms with Gasteiger partial charge in [-0.25, -0.2) is 8.78 Å². The highest BCUT2D eigenvalue weighted by atomic mass is 19.3. The normalized spacial score (nSPS) is 30.6. The average molecular weight is 409 g/mol. The van der Waals surface area contributed by atoms with Gasteiger partial charge in [-0.3, -0.25) is 29.8 Å². The Balaban J connectivity index is 0.000000210. The molecule has 3 aliphatic heterocycles. The monoisotopic (exact) mass is 409 g/mol. The number of carboxylic acid groups (broad SMARTS) is 3. The highest BCUT2D eigenvalue weighted by molar-refractivity contribution is 5.90. The average Bonchev–Trinajstić information content (AvgIpc) is 3.28. The number of halogens is 2. The van der Waals surface area contributed by atoms with Crippen LogP contribution in [0.5, 0.6) is 0 Å². The third-order valence-corrected chi connectivity index (χ3v) is 4.33. The molecule has 4 atom stereocenters. The number of ketones is 1. The van der Waals surface area contributed by atoms with Crippen molar-refractivity contribution >= 4 is 23.7 Å². The van der Waals surface area contributed by atoms with Crippen molar-refractivity contribution in [3.8, 4) is 0 Å². The minimum absolute atomic E-state index is 0.0256. The molecule has 0 aliphatic carbocycles. The predicted octanol–water partition coefficient (Wildman–Crippen LogP) is -0.861. The van der Waals surface area contributed by atoms with Crippen LogP contribution in [0.3, 0.4) is 0 Å². The van der Waals surface area contributed by atoms with Crippen LogP contribution >= 0.6 is 0 Å². The quantitative estimate of drug-likeness (QED) is 0.345. The van der Waals surface area contributed by atoms with Crippen molar-refractivity contribution in [1.82, 2.24) is 16.0 Å². The lowest BCUT2D eigenvalue weighted by atomic mass is 10.1. The lowest BCUT2D eigenvalue weighted by Gasteiger charge is -2.03. The number of Topliss-reactive ketones (excluding diaryl/α,β-unsaturated/α-hetero) is 1. The van der Waals surface area contributed by atoms with E-state index in [1.165, 1.54) is 0 Å². The van der Waals surface area contributed by atoms with Gasteiger partial charge < -0.3 is 20.6 Å². The molecular weight excluding hydrogens is 384 g/mol. The number of hydrogen-bond donors (Lipinski definition) is 6. The van der Waals surface area contributed by atoms with E-state index in [2.05, 4.69) is 22.9 Å². The van der Waals surface area contributed by atoms with Crippen LogP contribution in [0.4, 0.5) is 8.78 Å². The Hall–Kier alpha value is -2.18. The van der Waals surface area contributed by atoms with Crippen molar-refractivity contribution in [2.45, 2.75) is 50.2 Å². The third-order valence-electron chi connectivity index (χ3n) is 4.33. The second-order valence-corrected chi connectivity index (χ2v) is 6.99. The zero-order chi connectivity index (χ0) is 21.5. The Morgan fingerprint density at radius 1 is 0.964 bits per heavy atom. The van der Waals surface area contributed by atoms with E-state index in [0.29, 0.717) is 5.92 Å². The number of aliphatic carboxylic acids is 3. The van der Waals surface area contributed by atoms with E-state index in [0.717, 1.165) is 13.0 Å². The van der Waals surface area contributed by atoms with Crippen LogP contribution in [0.1, 0.15) is 26.2 Å². The molecule has 3 aliphatic rings. The van der Waals surface area contributed by atoms with Gasteiger partial charge in [0.1, 0.15) is 23.9 Å². The topological polar surface area (TPSA) is 165 Å². The molecular formula is C16H25F2N3O7. The molecule has 0 bridgehead atoms. The summed E-state index contributed by atoms with van der Waals surface area (Å²) in [4.78, 5) is 40.9. The van der Waals surface area contributed by atoms with Gasteiger partial charge in [0.2, 0.25) is 0 Å². The van der Waals surface area contributed by atoms with E-state index in [1.807, 2.05) is 0 Å². The summed E-state index contributed by atoms with van der Waals surface area (Å²) in [6.45, 7) is 2.58. The highest BCUT2D eigenvalue weighted by Crippen LogP contribution is 2.24. The molecule has 0 radical (unpaired) electrons. The van der Waals surface area contributed by atoms with Crippen molar-refractivity contribution in [3.05, 3.63) is 0 Å². The number of alkyl halides is 2. The molecule has 0 unspecified atom stereocenters. The molecule has 0 spiro atoms. The first-order chi connectivity index (χ1) is 12.9. The van der Waals surface area contributed by atoms with Gasteiger partial charge in [-0.05, 0) is 18.9 Å². The lowest BCUT2D eigenvalue weighted by molar-refractivity contribution is -0.140. The van der Waals surface area contributed by atoms with Crippen LogP contribution in [-0.2, 0) is 19.2 Å². The molecule has 0 amide bonds. The van der Waals surface area contributed by atoms with Gasteiger partial charge in [-0.2, -0.15) is 0 Å². The number of hydrogen-bond acceptors (Lipinski definition) is 7. The number of carboxylic acids is 3. The highest BCUT2D eigenvalue weighted by Gasteiger charge is 2.42. The van der Waals surface area contributed by atoms with E-state index in [-0.39, 0.29) is 24.8 Å². The Morgan fingerprint density at radius 3 is 1.75 bits per heavy atom. The van der Waals surface area contributed by atoms with Crippen LogP contribution in [-0.4, -0.2) is 82.7 Å². The molecule has 28 heavy (non-hydrogen) atoms. The number of nitrogens with one attached hydrogen (secondary N) is 3. The molecule has 0 aromatic carbocycles. The summed E-state index contributed by atoms with van der Waals surface area (Å²) < 4.78 is 24.5. The third kappa shape index (κ3) is 8.23. The van der Waals surface area contributed by atoms with Gasteiger partial charge in [0, 0.05) is 12.8 Å². The summed E-state index contributed by atoms with van der Waals surface area (Å²) in [5.41, 5.74) is 0. The van der Waals surface area contributed by atoms with Gasteiger partial charge in [-0.15, -0.1) is 0 Å². The zero-order valence-corrected chi connectivity index (χ0v) is 15.3. The maximum absolute atomic E-state index is 12.2. The minimum Gasteiger partial charge on any atom is -0.480 e. The lowest BCUT2D eigenvalue weighted by Crippen LogP contribution is -2.30. The van der Waals surface area contributed by atoms with Crippen LogP contribution in [0.25, 0.3) is 0 Å². The first-order valence-electron chi connectivity index (χ1n) is 8.69. The molecule has 6 N–H and O–H groups in total. The largest absolute Gasteiger partial charge is 0.480 e. The predicted molar refractivity (Wildman–Crippen MR) is 91.2 cm³/mol. The molecule has 3 heterocycles. The summed E-state index contributed by atoms with van der Waals surface area (Å²) in [5.74, 6) is -5.23. The van der Waals surface area contributed by atoms with Crippen molar-refractivity contribution in [3.63, 3.8) is 0 Å². The van der Waals surface area contributed by atoms with Crippen molar-refractivity contribution in [2.24, 2.45) is 5.92 Å². The number of carbonyl (C=O) groups is 4. The van der Waals surface area contributed by atoms with Gasteiger partial charge in [0.05, 0.1) is 13.1 Å². The zero-order valence-electron chi connectivity index (χ0n) is 15.3. The first kappa shape index (κ1) is 23.9. The van der Waals surface area contributed by atoms with E-state index >= 15 is 0 Å². The smallest absolute Gasteiger partial charge is 0.321 e. The summed E-state index contributed by atoms with van der Waals surface area (Å²) >= 11 is 0. The molecule has 0 saturated carbocycles. The van der Waals surface area contributed by atoms with E-state index in [4.69, 9.17) is 15.3 Å². The maximum Gasteiger partial charge on any atom is 0.321 e. The van der Waals surface area contributed by atoms with Crippen molar-refractivity contribution < 1.29 is 43.3 Å². The van der Waals surface area contributed by atoms with Gasteiger partial charge in [-0.1, -0.05) is 6.92 Å². The summed E-state index contributed by atoms with van der Waals surface area (Å²) in [5, 5.41) is 32.7. The van der Waals surface area contributed by atoms with Gasteiger partial charge in [0.15, 0.2) is 0 Å². The van der Waals surface area contributed by atoms with E-state index in [9.17, 15) is 28.0 Å². The van der Waals surface area contributed by atoms with Gasteiger partial charge in [0.25, 0.3) is 5.92 Å². The fraction of sp³-hybridized carbons (Fsp3) is 0.750. The SMILES string of the molecule is C[C@H]1CN[C@H](C(=O)O)C1.O=C(O)[C@@H]1CC(F)(F)CN1.O=C1CN[C@H](C(=O)O)C1. The Bertz CT molecular complexity index is 603. The summed E-state index contributed by atoms with van der Waals surface area (Å²) in [7, 11) is 0. The molecule has 3 fully saturated rings. The Kier molecular flexibility index (Phi) is 8.85. The van der Waals surface area contributed by atoms with Crippen molar-refractivity contribution in [2.75, 3.05) is 19.6 Å². The van der Waals surface area contributed by atoms with E-state index < -0.39 is 48.9 Å². The van der Waals surface area contributed by atoms with Gasteiger partial charge >= 0.3 is 17.9 Å². The van der Waals surface area contributed by atoms with E-state index in [1.54, 1.807) is 0 Å². The van der Waals surface area contributed by atoms with Crippen LogP contribution in [0.15, 0.2) is 0 Å². The molecule has 0 aromatic heterocycles. The minimum atomic E-state index is -2.84. The van der Waals surface area contributed by atoms with Crippen LogP contribution < -0.4 is 16.0 Å². The van der Waals surface area contributed by atoms with Crippen LogP contribution in [0, 0.1) is 5.92 Å². The summed E-state index contributed by atoms with van der Waals surface area (Å²) in [6.07, 6.45) is 0.312. The van der Waals surface area contributed by atoms with Crippen LogP contribution in [0.2, 0.25) is 0 Å². The second kappa shape index (κ2) is 10.4. The molecule has 12 heteroatoms. The number of rotatable bonds is 3. The molecule has 10 nitrogen and oxygen atoms in total. The fourth-order valence-electron chi connectivity index (χ4n) is 2.77. The molecule has 0 aromatic rings.